The number of likely N-dealkylation sites (tertiary alicyclic amines) is 2. The lowest BCUT2D eigenvalue weighted by atomic mass is 9.98. The molecular formula is C16H30ClN3O2. The Morgan fingerprint density at radius 1 is 1.09 bits per heavy atom. The molecule has 1 N–H and O–H groups in total. The molecule has 2 amide bonds. The molecule has 0 aromatic rings. The van der Waals surface area contributed by atoms with Gasteiger partial charge in [0.25, 0.3) is 0 Å². The number of nitrogens with one attached hydrogen (secondary N) is 1. The minimum absolute atomic E-state index is 0. The lowest BCUT2D eigenvalue weighted by molar-refractivity contribution is -0.148. The van der Waals surface area contributed by atoms with Crippen LogP contribution in [-0.2, 0) is 9.59 Å². The van der Waals surface area contributed by atoms with Gasteiger partial charge in [0.15, 0.2) is 0 Å². The Morgan fingerprint density at radius 2 is 1.77 bits per heavy atom. The third kappa shape index (κ3) is 4.59. The highest BCUT2D eigenvalue weighted by Crippen LogP contribution is 2.22. The van der Waals surface area contributed by atoms with E-state index < -0.39 is 0 Å². The molecule has 0 aromatic carbocycles. The standard InChI is InChI=1S/C16H29N3O2.ClH/c1-3-6-15(20)19-10-5-4-7-14(19)16(21)18-11-8-13(17-2)9-12-18;/h13-14,17H,3-12H2,1-2H3;1H. The number of hydrogen-bond donors (Lipinski definition) is 1. The Hall–Kier alpha value is -0.810. The van der Waals surface area contributed by atoms with E-state index in [4.69, 9.17) is 0 Å². The van der Waals surface area contributed by atoms with Gasteiger partial charge in [0.1, 0.15) is 6.04 Å². The molecule has 0 aliphatic carbocycles. The van der Waals surface area contributed by atoms with Crippen molar-refractivity contribution in [3.05, 3.63) is 0 Å². The first-order chi connectivity index (χ1) is 10.2. The van der Waals surface area contributed by atoms with Gasteiger partial charge in [0.2, 0.25) is 11.8 Å². The van der Waals surface area contributed by atoms with E-state index in [1.165, 1.54) is 0 Å². The summed E-state index contributed by atoms with van der Waals surface area (Å²) in [6, 6.07) is 0.321. The molecule has 6 heteroatoms. The van der Waals surface area contributed by atoms with Crippen LogP contribution in [0.5, 0.6) is 0 Å². The predicted octanol–water partition coefficient (Wildman–Crippen LogP) is 1.80. The lowest BCUT2D eigenvalue weighted by Gasteiger charge is -2.40. The van der Waals surface area contributed by atoms with Crippen LogP contribution < -0.4 is 5.32 Å². The van der Waals surface area contributed by atoms with Gasteiger partial charge >= 0.3 is 0 Å². The molecule has 2 aliphatic rings. The van der Waals surface area contributed by atoms with Gasteiger partial charge in [-0.15, -0.1) is 12.4 Å². The molecule has 1 atom stereocenters. The lowest BCUT2D eigenvalue weighted by Crippen LogP contribution is -2.55. The fourth-order valence-corrected chi connectivity index (χ4v) is 3.44. The summed E-state index contributed by atoms with van der Waals surface area (Å²) in [5.74, 6) is 0.328. The number of carbonyl (C=O) groups is 2. The number of rotatable bonds is 4. The minimum atomic E-state index is -0.205. The summed E-state index contributed by atoms with van der Waals surface area (Å²) in [5, 5.41) is 3.28. The van der Waals surface area contributed by atoms with Gasteiger partial charge in [-0.05, 0) is 45.6 Å². The van der Waals surface area contributed by atoms with Gasteiger partial charge in [0.05, 0.1) is 0 Å². The second kappa shape index (κ2) is 9.36. The smallest absolute Gasteiger partial charge is 0.245 e. The van der Waals surface area contributed by atoms with Gasteiger partial charge in [-0.25, -0.2) is 0 Å². The van der Waals surface area contributed by atoms with Crippen LogP contribution in [0.15, 0.2) is 0 Å². The summed E-state index contributed by atoms with van der Waals surface area (Å²) in [5.41, 5.74) is 0. The van der Waals surface area contributed by atoms with Crippen LogP contribution >= 0.6 is 12.4 Å². The number of hydrogen-bond acceptors (Lipinski definition) is 3. The summed E-state index contributed by atoms with van der Waals surface area (Å²) < 4.78 is 0. The van der Waals surface area contributed by atoms with Crippen LogP contribution in [0.1, 0.15) is 51.9 Å². The van der Waals surface area contributed by atoms with Crippen LogP contribution in [0, 0.1) is 0 Å². The average Bonchev–Trinajstić information content (AvgIpc) is 2.54. The molecule has 0 spiro atoms. The van der Waals surface area contributed by atoms with E-state index in [1.807, 2.05) is 23.8 Å². The Balaban J connectivity index is 0.00000242. The molecule has 2 aliphatic heterocycles. The molecular weight excluding hydrogens is 302 g/mol. The molecule has 22 heavy (non-hydrogen) atoms. The first-order valence-electron chi connectivity index (χ1n) is 8.43. The third-order valence-electron chi connectivity index (χ3n) is 4.79. The number of piperidine rings is 2. The normalized spacial score (nSPS) is 23.1. The third-order valence-corrected chi connectivity index (χ3v) is 4.79. The Morgan fingerprint density at radius 3 is 2.36 bits per heavy atom. The van der Waals surface area contributed by atoms with E-state index in [1.54, 1.807) is 0 Å². The van der Waals surface area contributed by atoms with E-state index in [9.17, 15) is 9.59 Å². The van der Waals surface area contributed by atoms with E-state index >= 15 is 0 Å². The van der Waals surface area contributed by atoms with E-state index in [0.717, 1.165) is 58.2 Å². The highest BCUT2D eigenvalue weighted by Gasteiger charge is 2.35. The highest BCUT2D eigenvalue weighted by atomic mass is 35.5. The average molecular weight is 332 g/mol. The fraction of sp³-hybridized carbons (Fsp3) is 0.875. The van der Waals surface area contributed by atoms with Crippen molar-refractivity contribution in [3.8, 4) is 0 Å². The molecule has 0 radical (unpaired) electrons. The van der Waals surface area contributed by atoms with Crippen molar-refractivity contribution >= 4 is 24.2 Å². The van der Waals surface area contributed by atoms with Gasteiger partial charge in [-0.2, -0.15) is 0 Å². The van der Waals surface area contributed by atoms with E-state index in [-0.39, 0.29) is 30.3 Å². The minimum Gasteiger partial charge on any atom is -0.341 e. The zero-order chi connectivity index (χ0) is 15.2. The maximum absolute atomic E-state index is 12.8. The predicted molar refractivity (Wildman–Crippen MR) is 90.2 cm³/mol. The second-order valence-electron chi connectivity index (χ2n) is 6.24. The van der Waals surface area contributed by atoms with Crippen LogP contribution in [0.4, 0.5) is 0 Å². The van der Waals surface area contributed by atoms with Crippen LogP contribution in [0.3, 0.4) is 0 Å². The summed E-state index contributed by atoms with van der Waals surface area (Å²) in [6.45, 7) is 4.40. The first-order valence-corrected chi connectivity index (χ1v) is 8.43. The molecule has 128 valence electrons. The van der Waals surface area contributed by atoms with Crippen molar-refractivity contribution in [2.24, 2.45) is 0 Å². The van der Waals surface area contributed by atoms with Gasteiger partial charge < -0.3 is 15.1 Å². The van der Waals surface area contributed by atoms with Crippen molar-refractivity contribution in [2.75, 3.05) is 26.7 Å². The number of nitrogens with zero attached hydrogens (tertiary/aromatic N) is 2. The van der Waals surface area contributed by atoms with Gasteiger partial charge in [-0.3, -0.25) is 9.59 Å². The van der Waals surface area contributed by atoms with Crippen LogP contribution in [0.25, 0.3) is 0 Å². The van der Waals surface area contributed by atoms with Crippen LogP contribution in [-0.4, -0.2) is 60.4 Å². The van der Waals surface area contributed by atoms with Crippen molar-refractivity contribution in [1.29, 1.82) is 0 Å². The largest absolute Gasteiger partial charge is 0.341 e. The first kappa shape index (κ1) is 19.2. The number of carbonyl (C=O) groups excluding carboxylic acids is 2. The summed E-state index contributed by atoms with van der Waals surface area (Å²) >= 11 is 0. The van der Waals surface area contributed by atoms with Crippen LogP contribution in [0.2, 0.25) is 0 Å². The number of halogens is 1. The van der Waals surface area contributed by atoms with Crippen molar-refractivity contribution in [3.63, 3.8) is 0 Å². The monoisotopic (exact) mass is 331 g/mol. The Bertz CT molecular complexity index is 370. The quantitative estimate of drug-likeness (QED) is 0.854. The Kier molecular flexibility index (Phi) is 8.18. The van der Waals surface area contributed by atoms with E-state index in [0.29, 0.717) is 12.5 Å². The molecule has 0 saturated carbocycles. The molecule has 5 nitrogen and oxygen atoms in total. The maximum Gasteiger partial charge on any atom is 0.245 e. The fourth-order valence-electron chi connectivity index (χ4n) is 3.44. The second-order valence-corrected chi connectivity index (χ2v) is 6.24. The molecule has 1 unspecified atom stereocenters. The summed E-state index contributed by atoms with van der Waals surface area (Å²) in [6.07, 6.45) is 6.35. The molecule has 2 rings (SSSR count). The van der Waals surface area contributed by atoms with Gasteiger partial charge in [-0.1, -0.05) is 6.92 Å². The van der Waals surface area contributed by atoms with Crippen molar-refractivity contribution in [2.45, 2.75) is 64.0 Å². The molecule has 2 fully saturated rings. The summed E-state index contributed by atoms with van der Waals surface area (Å²) in [4.78, 5) is 28.8. The maximum atomic E-state index is 12.8. The number of amides is 2. The molecule has 2 saturated heterocycles. The summed E-state index contributed by atoms with van der Waals surface area (Å²) in [7, 11) is 1.98. The molecule has 0 aromatic heterocycles. The Labute approximate surface area is 140 Å². The zero-order valence-corrected chi connectivity index (χ0v) is 14.7. The van der Waals surface area contributed by atoms with Gasteiger partial charge in [0, 0.05) is 32.1 Å². The zero-order valence-electron chi connectivity index (χ0n) is 13.8. The SMILES string of the molecule is CCCC(=O)N1CCCCC1C(=O)N1CCC(NC)CC1.Cl. The molecule has 2 heterocycles. The van der Waals surface area contributed by atoms with E-state index in [2.05, 4.69) is 5.32 Å². The highest BCUT2D eigenvalue weighted by molar-refractivity contribution is 5.88. The van der Waals surface area contributed by atoms with Crippen molar-refractivity contribution < 1.29 is 9.59 Å². The topological polar surface area (TPSA) is 52.7 Å². The molecule has 0 bridgehead atoms. The van der Waals surface area contributed by atoms with Crippen molar-refractivity contribution in [1.82, 2.24) is 15.1 Å².